The molecule has 0 aliphatic rings. The Morgan fingerprint density at radius 2 is 1.58 bits per heavy atom. The van der Waals surface area contributed by atoms with Gasteiger partial charge in [-0.1, -0.05) is 57.7 Å². The molecule has 1 atom stereocenters. The number of carbonyl (C=O) groups is 1. The van der Waals surface area contributed by atoms with Crippen LogP contribution in [-0.4, -0.2) is 19.9 Å². The van der Waals surface area contributed by atoms with E-state index in [1.807, 2.05) is 51.1 Å². The minimum absolute atomic E-state index is 0.378. The summed E-state index contributed by atoms with van der Waals surface area (Å²) >= 11 is 0. The van der Waals surface area contributed by atoms with Gasteiger partial charge in [-0.15, -0.1) is 0 Å². The smallest absolute Gasteiger partial charge is 0.336 e. The molecular formula is C20H32O3Si. The van der Waals surface area contributed by atoms with Gasteiger partial charge in [0.2, 0.25) is 0 Å². The first-order chi connectivity index (χ1) is 11.2. The number of rotatable bonds is 8. The molecule has 0 saturated heterocycles. The van der Waals surface area contributed by atoms with Gasteiger partial charge < -0.3 is 9.16 Å². The van der Waals surface area contributed by atoms with Gasteiger partial charge in [0.15, 0.2) is 8.32 Å². The molecule has 0 spiro atoms. The highest BCUT2D eigenvalue weighted by molar-refractivity contribution is 6.73. The third kappa shape index (κ3) is 5.60. The van der Waals surface area contributed by atoms with Crippen LogP contribution in [0.3, 0.4) is 0 Å². The lowest BCUT2D eigenvalue weighted by Crippen LogP contribution is -2.39. The Labute approximate surface area is 148 Å². The molecule has 0 heterocycles. The van der Waals surface area contributed by atoms with Gasteiger partial charge in [0.25, 0.3) is 0 Å². The van der Waals surface area contributed by atoms with Crippen molar-refractivity contribution < 1.29 is 14.0 Å². The highest BCUT2D eigenvalue weighted by Crippen LogP contribution is 2.34. The Kier molecular flexibility index (Phi) is 7.43. The summed E-state index contributed by atoms with van der Waals surface area (Å²) in [4.78, 5) is 12.5. The van der Waals surface area contributed by atoms with E-state index < -0.39 is 20.0 Å². The largest absolute Gasteiger partial charge is 0.457 e. The first-order valence-corrected chi connectivity index (χ1v) is 11.4. The van der Waals surface area contributed by atoms with Gasteiger partial charge in [-0.05, 0) is 44.5 Å². The monoisotopic (exact) mass is 348 g/mol. The summed E-state index contributed by atoms with van der Waals surface area (Å²) in [5.74, 6) is -0.387. The molecule has 0 fully saturated rings. The minimum atomic E-state index is -1.90. The van der Waals surface area contributed by atoms with Gasteiger partial charge in [-0.2, -0.15) is 0 Å². The lowest BCUT2D eigenvalue weighted by molar-refractivity contribution is -0.151. The van der Waals surface area contributed by atoms with E-state index in [9.17, 15) is 4.79 Å². The average Bonchev–Trinajstić information content (AvgIpc) is 2.55. The van der Waals surface area contributed by atoms with Crippen molar-refractivity contribution in [2.75, 3.05) is 0 Å². The standard InChI is InChI=1S/C20H32O3Si/c1-8-24(9-2,10-3)23-18(17-14-12-11-13-15-17)16(4)19(21)22-20(5,6)7/h11-15,18H,4,8-10H2,1-3,5-7H3. The van der Waals surface area contributed by atoms with E-state index in [1.165, 1.54) is 0 Å². The third-order valence-electron chi connectivity index (χ3n) is 4.38. The summed E-state index contributed by atoms with van der Waals surface area (Å²) in [6, 6.07) is 12.9. The molecule has 0 saturated carbocycles. The predicted molar refractivity (Wildman–Crippen MR) is 102 cm³/mol. The molecule has 4 heteroatoms. The number of hydrogen-bond acceptors (Lipinski definition) is 3. The van der Waals surface area contributed by atoms with Gasteiger partial charge in [0.1, 0.15) is 11.7 Å². The summed E-state index contributed by atoms with van der Waals surface area (Å²) in [6.07, 6.45) is -0.437. The van der Waals surface area contributed by atoms with E-state index in [-0.39, 0.29) is 5.97 Å². The highest BCUT2D eigenvalue weighted by Gasteiger charge is 2.36. The second-order valence-corrected chi connectivity index (χ2v) is 11.9. The van der Waals surface area contributed by atoms with Crippen molar-refractivity contribution in [3.05, 3.63) is 48.0 Å². The van der Waals surface area contributed by atoms with E-state index in [0.717, 1.165) is 23.7 Å². The average molecular weight is 349 g/mol. The van der Waals surface area contributed by atoms with E-state index >= 15 is 0 Å². The van der Waals surface area contributed by atoms with Crippen molar-refractivity contribution in [2.24, 2.45) is 0 Å². The summed E-state index contributed by atoms with van der Waals surface area (Å²) in [5, 5.41) is 0. The molecular weight excluding hydrogens is 316 g/mol. The second kappa shape index (κ2) is 8.63. The Morgan fingerprint density at radius 3 is 2.00 bits per heavy atom. The maximum Gasteiger partial charge on any atom is 0.336 e. The topological polar surface area (TPSA) is 35.5 Å². The molecule has 0 N–H and O–H groups in total. The predicted octanol–water partition coefficient (Wildman–Crippen LogP) is 5.65. The Morgan fingerprint density at radius 1 is 1.08 bits per heavy atom. The van der Waals surface area contributed by atoms with Crippen LogP contribution in [-0.2, 0) is 14.0 Å². The second-order valence-electron chi connectivity index (χ2n) is 7.18. The lowest BCUT2D eigenvalue weighted by atomic mass is 10.0. The molecule has 1 unspecified atom stereocenters. The van der Waals surface area contributed by atoms with Crippen LogP contribution in [0.15, 0.2) is 42.5 Å². The van der Waals surface area contributed by atoms with Crippen molar-refractivity contribution in [1.82, 2.24) is 0 Å². The van der Waals surface area contributed by atoms with E-state index in [1.54, 1.807) is 0 Å². The number of esters is 1. The number of carbonyl (C=O) groups excluding carboxylic acids is 1. The van der Waals surface area contributed by atoms with Crippen LogP contribution in [0, 0.1) is 0 Å². The van der Waals surface area contributed by atoms with Crippen molar-refractivity contribution in [3.63, 3.8) is 0 Å². The molecule has 0 radical (unpaired) electrons. The molecule has 134 valence electrons. The van der Waals surface area contributed by atoms with Crippen molar-refractivity contribution in [2.45, 2.75) is 71.4 Å². The Bertz CT molecular complexity index is 533. The molecule has 0 amide bonds. The van der Waals surface area contributed by atoms with Crippen molar-refractivity contribution >= 4 is 14.3 Å². The quantitative estimate of drug-likeness (QED) is 0.346. The normalized spacial score (nSPS) is 13.4. The molecule has 0 aliphatic heterocycles. The fourth-order valence-electron chi connectivity index (χ4n) is 2.67. The molecule has 0 aliphatic carbocycles. The fourth-order valence-corrected chi connectivity index (χ4v) is 5.45. The first kappa shape index (κ1) is 20.7. The SMILES string of the molecule is C=C(C(=O)OC(C)(C)C)C(O[Si](CC)(CC)CC)c1ccccc1. The Balaban J connectivity index is 3.15. The summed E-state index contributed by atoms with van der Waals surface area (Å²) in [6.45, 7) is 16.1. The molecule has 3 nitrogen and oxygen atoms in total. The maximum absolute atomic E-state index is 12.5. The fraction of sp³-hybridized carbons (Fsp3) is 0.550. The van der Waals surface area contributed by atoms with E-state index in [2.05, 4.69) is 27.4 Å². The zero-order valence-corrected chi connectivity index (χ0v) is 17.0. The molecule has 1 aromatic rings. The zero-order valence-electron chi connectivity index (χ0n) is 16.0. The van der Waals surface area contributed by atoms with Crippen LogP contribution in [0.5, 0.6) is 0 Å². The molecule has 1 rings (SSSR count). The first-order valence-electron chi connectivity index (χ1n) is 8.83. The molecule has 0 bridgehead atoms. The number of benzene rings is 1. The van der Waals surface area contributed by atoms with Gasteiger partial charge in [-0.25, -0.2) is 4.79 Å². The van der Waals surface area contributed by atoms with Crippen LogP contribution in [0.2, 0.25) is 18.1 Å². The highest BCUT2D eigenvalue weighted by atomic mass is 28.4. The summed E-state index contributed by atoms with van der Waals surface area (Å²) in [5.41, 5.74) is 0.791. The Hall–Kier alpha value is -1.39. The van der Waals surface area contributed by atoms with E-state index in [0.29, 0.717) is 5.57 Å². The summed E-state index contributed by atoms with van der Waals surface area (Å²) < 4.78 is 12.1. The number of hydrogen-bond donors (Lipinski definition) is 0. The van der Waals surface area contributed by atoms with Gasteiger partial charge in [-0.3, -0.25) is 0 Å². The lowest BCUT2D eigenvalue weighted by Gasteiger charge is -2.34. The number of ether oxygens (including phenoxy) is 1. The van der Waals surface area contributed by atoms with Crippen molar-refractivity contribution in [3.8, 4) is 0 Å². The van der Waals surface area contributed by atoms with Crippen LogP contribution >= 0.6 is 0 Å². The van der Waals surface area contributed by atoms with Gasteiger partial charge >= 0.3 is 5.97 Å². The van der Waals surface area contributed by atoms with Crippen molar-refractivity contribution in [1.29, 1.82) is 0 Å². The van der Waals surface area contributed by atoms with Crippen LogP contribution in [0.1, 0.15) is 53.2 Å². The molecule has 1 aromatic carbocycles. The van der Waals surface area contributed by atoms with Crippen LogP contribution < -0.4 is 0 Å². The van der Waals surface area contributed by atoms with Gasteiger partial charge in [0, 0.05) is 0 Å². The van der Waals surface area contributed by atoms with Crippen LogP contribution in [0.25, 0.3) is 0 Å². The molecule has 0 aromatic heterocycles. The molecule has 24 heavy (non-hydrogen) atoms. The zero-order chi connectivity index (χ0) is 18.4. The summed E-state index contributed by atoms with van der Waals surface area (Å²) in [7, 11) is -1.90. The van der Waals surface area contributed by atoms with Gasteiger partial charge in [0.05, 0.1) is 5.57 Å². The van der Waals surface area contributed by atoms with E-state index in [4.69, 9.17) is 9.16 Å². The minimum Gasteiger partial charge on any atom is -0.457 e. The van der Waals surface area contributed by atoms with Crippen LogP contribution in [0.4, 0.5) is 0 Å². The maximum atomic E-state index is 12.5. The third-order valence-corrected chi connectivity index (χ3v) is 8.98.